The summed E-state index contributed by atoms with van der Waals surface area (Å²) in [5, 5.41) is 106. The van der Waals surface area contributed by atoms with Crippen LogP contribution in [0.3, 0.4) is 0 Å². The first-order valence-corrected chi connectivity index (χ1v) is 18.8. The van der Waals surface area contributed by atoms with Crippen molar-refractivity contribution in [2.45, 2.75) is 131 Å². The molecule has 8 unspecified atom stereocenters. The van der Waals surface area contributed by atoms with Crippen molar-refractivity contribution in [1.82, 2.24) is 0 Å². The van der Waals surface area contributed by atoms with E-state index in [0.29, 0.717) is 12.8 Å². The summed E-state index contributed by atoms with van der Waals surface area (Å²) in [4.78, 5) is 12.7. The van der Waals surface area contributed by atoms with Crippen molar-refractivity contribution in [1.29, 1.82) is 0 Å². The predicted octanol–water partition coefficient (Wildman–Crippen LogP) is -4.54. The van der Waals surface area contributed by atoms with Crippen LogP contribution < -0.4 is 0 Å². The number of rotatable bonds is 17. The minimum atomic E-state index is -1.58. The SMILES string of the molecule is CC[C@@H]1OC(C)[C@H](COC[C@@H]2OC(CO)[C@@H](COC[C@@H]3OC(C(=O)OC)[C@@H](COC[C@@H]4OC(CO)[C@@H](O)[C@@H](CC)C4O)[C@@H](O)C3O)[C@@H](O)C2O)[C@H](O)C1O. The molecule has 54 heavy (non-hydrogen) atoms. The van der Waals surface area contributed by atoms with E-state index < -0.39 is 141 Å². The third-order valence-corrected chi connectivity index (χ3v) is 11.5. The summed E-state index contributed by atoms with van der Waals surface area (Å²) in [5.74, 6) is -4.07. The Kier molecular flexibility index (Phi) is 17.7. The molecular formula is C35H62O19. The molecular weight excluding hydrogens is 724 g/mol. The van der Waals surface area contributed by atoms with E-state index in [9.17, 15) is 55.9 Å². The second kappa shape index (κ2) is 21.0. The zero-order valence-corrected chi connectivity index (χ0v) is 31.3. The quantitative estimate of drug-likeness (QED) is 0.0621. The minimum absolute atomic E-state index is 0.0303. The van der Waals surface area contributed by atoms with Crippen LogP contribution in [0, 0.1) is 23.7 Å². The molecule has 4 aliphatic rings. The van der Waals surface area contributed by atoms with Gasteiger partial charge < -0.3 is 89.0 Å². The molecule has 4 aliphatic heterocycles. The van der Waals surface area contributed by atoms with Crippen LogP contribution in [0.15, 0.2) is 0 Å². The number of carbonyl (C=O) groups is 1. The highest BCUT2D eigenvalue weighted by Gasteiger charge is 2.50. The lowest BCUT2D eigenvalue weighted by molar-refractivity contribution is -0.248. The fourth-order valence-electron chi connectivity index (χ4n) is 7.97. The van der Waals surface area contributed by atoms with Crippen LogP contribution in [-0.2, 0) is 42.7 Å². The van der Waals surface area contributed by atoms with E-state index in [1.165, 1.54) is 0 Å². The van der Waals surface area contributed by atoms with Crippen molar-refractivity contribution in [3.63, 3.8) is 0 Å². The van der Waals surface area contributed by atoms with E-state index in [1.807, 2.05) is 6.92 Å². The molecule has 4 rings (SSSR count). The Morgan fingerprint density at radius 2 is 0.926 bits per heavy atom. The number of esters is 1. The number of carbonyl (C=O) groups excluding carboxylic acids is 1. The van der Waals surface area contributed by atoms with Gasteiger partial charge in [-0.1, -0.05) is 13.8 Å². The maximum absolute atomic E-state index is 12.7. The number of aliphatic hydroxyl groups excluding tert-OH is 10. The fraction of sp³-hybridized carbons (Fsp3) is 0.971. The van der Waals surface area contributed by atoms with Gasteiger partial charge in [0.2, 0.25) is 0 Å². The maximum atomic E-state index is 12.7. The normalized spacial score (nSPS) is 46.0. The number of hydrogen-bond acceptors (Lipinski definition) is 19. The molecule has 0 aromatic rings. The highest BCUT2D eigenvalue weighted by Crippen LogP contribution is 2.33. The van der Waals surface area contributed by atoms with E-state index in [-0.39, 0.29) is 39.6 Å². The summed E-state index contributed by atoms with van der Waals surface area (Å²) >= 11 is 0. The van der Waals surface area contributed by atoms with Gasteiger partial charge >= 0.3 is 5.97 Å². The monoisotopic (exact) mass is 786 g/mol. The van der Waals surface area contributed by atoms with Gasteiger partial charge in [0, 0.05) is 23.7 Å². The van der Waals surface area contributed by atoms with Crippen LogP contribution in [0.2, 0.25) is 0 Å². The summed E-state index contributed by atoms with van der Waals surface area (Å²) in [7, 11) is 1.12. The molecule has 0 spiro atoms. The van der Waals surface area contributed by atoms with Gasteiger partial charge in [0.05, 0.1) is 109 Å². The molecule has 316 valence electrons. The molecule has 0 aromatic carbocycles. The lowest BCUT2D eigenvalue weighted by atomic mass is 9.84. The summed E-state index contributed by atoms with van der Waals surface area (Å²) < 4.78 is 45.1. The predicted molar refractivity (Wildman–Crippen MR) is 182 cm³/mol. The van der Waals surface area contributed by atoms with Gasteiger partial charge in [-0.15, -0.1) is 0 Å². The fourth-order valence-corrected chi connectivity index (χ4v) is 7.97. The Bertz CT molecular complexity index is 1120. The molecule has 0 bridgehead atoms. The first-order chi connectivity index (χ1) is 25.7. The number of methoxy groups -OCH3 is 1. The lowest BCUT2D eigenvalue weighted by Gasteiger charge is -2.44. The van der Waals surface area contributed by atoms with E-state index >= 15 is 0 Å². The summed E-state index contributed by atoms with van der Waals surface area (Å²) in [6, 6.07) is 0. The second-order valence-corrected chi connectivity index (χ2v) is 14.8. The van der Waals surface area contributed by atoms with Crippen molar-refractivity contribution in [3.05, 3.63) is 0 Å². The summed E-state index contributed by atoms with van der Waals surface area (Å²) in [5.41, 5.74) is 0. The molecule has 10 N–H and O–H groups in total. The highest BCUT2D eigenvalue weighted by atomic mass is 16.6. The van der Waals surface area contributed by atoms with Crippen LogP contribution in [0.25, 0.3) is 0 Å². The van der Waals surface area contributed by atoms with Crippen molar-refractivity contribution >= 4 is 5.97 Å². The minimum Gasteiger partial charge on any atom is -0.467 e. The molecule has 0 saturated carbocycles. The van der Waals surface area contributed by atoms with E-state index in [0.717, 1.165) is 7.11 Å². The van der Waals surface area contributed by atoms with Crippen LogP contribution in [0.4, 0.5) is 0 Å². The Morgan fingerprint density at radius 1 is 0.481 bits per heavy atom. The average Bonchev–Trinajstić information content (AvgIpc) is 3.16. The van der Waals surface area contributed by atoms with Crippen molar-refractivity contribution in [3.8, 4) is 0 Å². The highest BCUT2D eigenvalue weighted by molar-refractivity contribution is 5.75. The molecule has 19 heteroatoms. The second-order valence-electron chi connectivity index (χ2n) is 14.8. The van der Waals surface area contributed by atoms with E-state index in [1.54, 1.807) is 13.8 Å². The largest absolute Gasteiger partial charge is 0.467 e. The van der Waals surface area contributed by atoms with Gasteiger partial charge in [-0.05, 0) is 19.8 Å². The number of hydrogen-bond donors (Lipinski definition) is 10. The van der Waals surface area contributed by atoms with Gasteiger partial charge in [-0.3, -0.25) is 0 Å². The van der Waals surface area contributed by atoms with Crippen molar-refractivity contribution in [2.24, 2.45) is 23.7 Å². The average molecular weight is 787 g/mol. The number of ether oxygens (including phenoxy) is 8. The van der Waals surface area contributed by atoms with Crippen molar-refractivity contribution < 1.29 is 93.8 Å². The Labute approximate surface area is 314 Å². The molecule has 4 fully saturated rings. The van der Waals surface area contributed by atoms with Gasteiger partial charge in [0.25, 0.3) is 0 Å². The van der Waals surface area contributed by atoms with Gasteiger partial charge in [-0.2, -0.15) is 0 Å². The molecule has 4 saturated heterocycles. The van der Waals surface area contributed by atoms with Crippen LogP contribution in [0.5, 0.6) is 0 Å². The summed E-state index contributed by atoms with van der Waals surface area (Å²) in [6.45, 7) is 2.88. The molecule has 0 aliphatic carbocycles. The topological polar surface area (TPSA) is 293 Å². The Balaban J connectivity index is 1.28. The smallest absolute Gasteiger partial charge is 0.335 e. The zero-order valence-electron chi connectivity index (χ0n) is 31.3. The van der Waals surface area contributed by atoms with Crippen LogP contribution in [0.1, 0.15) is 33.6 Å². The lowest BCUT2D eigenvalue weighted by Crippen LogP contribution is -2.60. The molecule has 4 heterocycles. The van der Waals surface area contributed by atoms with Gasteiger partial charge in [0.15, 0.2) is 6.10 Å². The van der Waals surface area contributed by atoms with E-state index in [2.05, 4.69) is 0 Å². The Morgan fingerprint density at radius 3 is 1.46 bits per heavy atom. The summed E-state index contributed by atoms with van der Waals surface area (Å²) in [6.07, 6.45) is -17.0. The molecule has 20 atom stereocenters. The first kappa shape index (κ1) is 45.5. The molecule has 19 nitrogen and oxygen atoms in total. The molecule has 0 radical (unpaired) electrons. The Hall–Kier alpha value is -1.21. The van der Waals surface area contributed by atoms with Crippen LogP contribution in [-0.4, -0.2) is 215 Å². The number of aliphatic hydroxyl groups is 10. The van der Waals surface area contributed by atoms with Gasteiger partial charge in [-0.25, -0.2) is 4.79 Å². The molecule has 0 amide bonds. The standard InChI is InChI=1S/C35H62O19/c1-5-16-26(38)22(8-37)53-23(27(16)39)12-50-11-19-30(42)33(45)25(54-34(19)35(46)47-4)14-49-10-18-21(7-36)52-24(32(44)29(18)41)13-48-9-17-15(3)51-20(6-2)31(43)28(17)40/h15-34,36-45H,5-14H2,1-4H3/t15?,16-,17+,18-,19+,20+,21?,22?,23+,24+,25+,26+,27?,28+,29-,30-,31?,32?,33?,34?/m1/s1. The van der Waals surface area contributed by atoms with Gasteiger partial charge in [0.1, 0.15) is 42.7 Å². The van der Waals surface area contributed by atoms with Crippen LogP contribution >= 0.6 is 0 Å². The van der Waals surface area contributed by atoms with E-state index in [4.69, 9.17) is 37.9 Å². The zero-order chi connectivity index (χ0) is 39.9. The third kappa shape index (κ3) is 10.3. The maximum Gasteiger partial charge on any atom is 0.335 e. The van der Waals surface area contributed by atoms with Crippen molar-refractivity contribution in [2.75, 3.05) is 60.0 Å². The third-order valence-electron chi connectivity index (χ3n) is 11.5. The first-order valence-electron chi connectivity index (χ1n) is 18.8. The molecule has 0 aromatic heterocycles.